The Morgan fingerprint density at radius 2 is 1.77 bits per heavy atom. The molecular weight excluding hydrogens is 392 g/mol. The van der Waals surface area contributed by atoms with Crippen molar-refractivity contribution in [3.05, 3.63) is 35.4 Å². The third-order valence-corrected chi connectivity index (χ3v) is 5.73. The molecule has 31 heavy (non-hydrogen) atoms. The van der Waals surface area contributed by atoms with Gasteiger partial charge in [0.2, 0.25) is 5.91 Å². The van der Waals surface area contributed by atoms with E-state index in [1.165, 1.54) is 0 Å². The van der Waals surface area contributed by atoms with Crippen molar-refractivity contribution in [2.75, 3.05) is 54.9 Å². The average molecular weight is 431 g/mol. The molecule has 0 atom stereocenters. The zero-order valence-electron chi connectivity index (χ0n) is 19.6. The highest BCUT2D eigenvalue weighted by Crippen LogP contribution is 2.38. The molecule has 0 aromatic heterocycles. The molecule has 2 rings (SSSR count). The number of nitrogens with zero attached hydrogens (tertiary/aromatic N) is 3. The third kappa shape index (κ3) is 7.24. The fourth-order valence-corrected chi connectivity index (χ4v) is 3.97. The highest BCUT2D eigenvalue weighted by molar-refractivity contribution is 5.94. The van der Waals surface area contributed by atoms with E-state index in [9.17, 15) is 9.59 Å². The standard InChI is InChI=1S/C23H38N6O2/c1-24-22(27-17-23(11-6-7-12-23)21(31)29(4)5)26-16-18-9-8-10-19(15-18)20(30)25-13-14-28(2)3/h8-10,15H,6-7,11-14,16-17H2,1-5H3,(H,25,30)(H2,24,26,27). The Bertz CT molecular complexity index is 769. The summed E-state index contributed by atoms with van der Waals surface area (Å²) in [6, 6.07) is 7.57. The second-order valence-corrected chi connectivity index (χ2v) is 8.73. The van der Waals surface area contributed by atoms with Gasteiger partial charge >= 0.3 is 0 Å². The molecular formula is C23H38N6O2. The highest BCUT2D eigenvalue weighted by Gasteiger charge is 2.42. The van der Waals surface area contributed by atoms with E-state index in [-0.39, 0.29) is 17.2 Å². The van der Waals surface area contributed by atoms with Crippen molar-refractivity contribution in [3.8, 4) is 0 Å². The van der Waals surface area contributed by atoms with Crippen molar-refractivity contribution in [2.24, 2.45) is 10.4 Å². The smallest absolute Gasteiger partial charge is 0.251 e. The number of carbonyl (C=O) groups excluding carboxylic acids is 2. The summed E-state index contributed by atoms with van der Waals surface area (Å²) in [5.41, 5.74) is 1.27. The van der Waals surface area contributed by atoms with Gasteiger partial charge in [0, 0.05) is 52.9 Å². The van der Waals surface area contributed by atoms with Gasteiger partial charge in [-0.2, -0.15) is 0 Å². The number of rotatable bonds is 9. The topological polar surface area (TPSA) is 89.1 Å². The maximum absolute atomic E-state index is 12.7. The second kappa shape index (κ2) is 11.7. The van der Waals surface area contributed by atoms with Gasteiger partial charge < -0.3 is 25.8 Å². The molecule has 1 aromatic rings. The van der Waals surface area contributed by atoms with Crippen LogP contribution in [0.1, 0.15) is 41.6 Å². The van der Waals surface area contributed by atoms with Gasteiger partial charge in [-0.1, -0.05) is 25.0 Å². The number of likely N-dealkylation sites (N-methyl/N-ethyl adjacent to an activating group) is 1. The van der Waals surface area contributed by atoms with Crippen molar-refractivity contribution in [2.45, 2.75) is 32.2 Å². The number of amides is 2. The van der Waals surface area contributed by atoms with Crippen molar-refractivity contribution < 1.29 is 9.59 Å². The minimum Gasteiger partial charge on any atom is -0.355 e. The SMILES string of the molecule is CN=C(NCc1cccc(C(=O)NCCN(C)C)c1)NCC1(C(=O)N(C)C)CCCC1. The van der Waals surface area contributed by atoms with Crippen LogP contribution >= 0.6 is 0 Å². The number of nitrogens with one attached hydrogen (secondary N) is 3. The van der Waals surface area contributed by atoms with Crippen LogP contribution in [0.3, 0.4) is 0 Å². The molecule has 1 aliphatic rings. The van der Waals surface area contributed by atoms with Crippen LogP contribution in [0, 0.1) is 5.41 Å². The lowest BCUT2D eigenvalue weighted by Gasteiger charge is -2.31. The fraction of sp³-hybridized carbons (Fsp3) is 0.609. The van der Waals surface area contributed by atoms with Gasteiger partial charge in [-0.15, -0.1) is 0 Å². The van der Waals surface area contributed by atoms with Gasteiger partial charge in [-0.05, 0) is 44.6 Å². The number of hydrogen-bond donors (Lipinski definition) is 3. The summed E-state index contributed by atoms with van der Waals surface area (Å²) < 4.78 is 0. The first-order chi connectivity index (χ1) is 14.8. The van der Waals surface area contributed by atoms with Crippen LogP contribution in [0.5, 0.6) is 0 Å². The van der Waals surface area contributed by atoms with Crippen molar-refractivity contribution in [1.82, 2.24) is 25.8 Å². The molecule has 1 saturated carbocycles. The Morgan fingerprint density at radius 3 is 2.39 bits per heavy atom. The summed E-state index contributed by atoms with van der Waals surface area (Å²) >= 11 is 0. The van der Waals surface area contributed by atoms with Gasteiger partial charge in [-0.25, -0.2) is 0 Å². The Hall–Kier alpha value is -2.61. The lowest BCUT2D eigenvalue weighted by atomic mass is 9.84. The first-order valence-electron chi connectivity index (χ1n) is 11.0. The minimum atomic E-state index is -0.355. The van der Waals surface area contributed by atoms with Crippen LogP contribution in [0.4, 0.5) is 0 Å². The molecule has 8 nitrogen and oxygen atoms in total. The van der Waals surface area contributed by atoms with E-state index in [0.717, 1.165) is 37.8 Å². The number of benzene rings is 1. The maximum atomic E-state index is 12.7. The summed E-state index contributed by atoms with van der Waals surface area (Å²) in [6.45, 7) is 2.51. The predicted molar refractivity (Wildman–Crippen MR) is 125 cm³/mol. The van der Waals surface area contributed by atoms with E-state index in [0.29, 0.717) is 31.2 Å². The van der Waals surface area contributed by atoms with Gasteiger partial charge in [0.1, 0.15) is 0 Å². The van der Waals surface area contributed by atoms with E-state index < -0.39 is 0 Å². The van der Waals surface area contributed by atoms with E-state index >= 15 is 0 Å². The zero-order valence-corrected chi connectivity index (χ0v) is 19.6. The summed E-state index contributed by atoms with van der Waals surface area (Å²) in [7, 11) is 9.31. The van der Waals surface area contributed by atoms with Gasteiger partial charge in [0.15, 0.2) is 5.96 Å². The molecule has 1 aromatic carbocycles. The van der Waals surface area contributed by atoms with E-state index in [1.807, 2.05) is 57.4 Å². The highest BCUT2D eigenvalue weighted by atomic mass is 16.2. The summed E-state index contributed by atoms with van der Waals surface area (Å²) in [4.78, 5) is 33.1. The molecule has 0 spiro atoms. The predicted octanol–water partition coefficient (Wildman–Crippen LogP) is 1.29. The summed E-state index contributed by atoms with van der Waals surface area (Å²) in [5.74, 6) is 0.760. The normalized spacial score (nSPS) is 15.6. The van der Waals surface area contributed by atoms with Gasteiger partial charge in [0.05, 0.1) is 5.41 Å². The lowest BCUT2D eigenvalue weighted by Crippen LogP contribution is -2.49. The molecule has 0 aliphatic heterocycles. The first kappa shape index (κ1) is 24.7. The second-order valence-electron chi connectivity index (χ2n) is 8.73. The molecule has 0 heterocycles. The van der Waals surface area contributed by atoms with Crippen LogP contribution in [-0.4, -0.2) is 82.4 Å². The molecule has 0 bridgehead atoms. The van der Waals surface area contributed by atoms with Crippen molar-refractivity contribution >= 4 is 17.8 Å². The average Bonchev–Trinajstić information content (AvgIpc) is 3.23. The largest absolute Gasteiger partial charge is 0.355 e. The van der Waals surface area contributed by atoms with Crippen LogP contribution < -0.4 is 16.0 Å². The molecule has 0 saturated heterocycles. The fourth-order valence-electron chi connectivity index (χ4n) is 3.97. The molecule has 0 radical (unpaired) electrons. The van der Waals surface area contributed by atoms with E-state index in [1.54, 1.807) is 11.9 Å². The lowest BCUT2D eigenvalue weighted by molar-refractivity contribution is -0.138. The molecule has 3 N–H and O–H groups in total. The Labute approximate surface area is 186 Å². The Morgan fingerprint density at radius 1 is 1.06 bits per heavy atom. The first-order valence-corrected chi connectivity index (χ1v) is 11.0. The van der Waals surface area contributed by atoms with E-state index in [4.69, 9.17) is 0 Å². The maximum Gasteiger partial charge on any atom is 0.251 e. The third-order valence-electron chi connectivity index (χ3n) is 5.73. The Balaban J connectivity index is 1.91. The van der Waals surface area contributed by atoms with Gasteiger partial charge in [0.25, 0.3) is 5.91 Å². The Kier molecular flexibility index (Phi) is 9.30. The molecule has 0 unspecified atom stereocenters. The van der Waals surface area contributed by atoms with Crippen LogP contribution in [0.25, 0.3) is 0 Å². The van der Waals surface area contributed by atoms with Crippen LogP contribution in [0.15, 0.2) is 29.3 Å². The number of guanidine groups is 1. The number of aliphatic imine (C=N–C) groups is 1. The molecule has 1 aliphatic carbocycles. The van der Waals surface area contributed by atoms with Crippen LogP contribution in [0.2, 0.25) is 0 Å². The molecule has 1 fully saturated rings. The summed E-state index contributed by atoms with van der Waals surface area (Å²) in [5, 5.41) is 9.57. The zero-order chi connectivity index (χ0) is 22.9. The number of hydrogen-bond acceptors (Lipinski definition) is 4. The minimum absolute atomic E-state index is 0.0726. The van der Waals surface area contributed by atoms with E-state index in [2.05, 4.69) is 20.9 Å². The van der Waals surface area contributed by atoms with Crippen LogP contribution in [-0.2, 0) is 11.3 Å². The van der Waals surface area contributed by atoms with Crippen molar-refractivity contribution in [1.29, 1.82) is 0 Å². The molecule has 8 heteroatoms. The monoisotopic (exact) mass is 430 g/mol. The van der Waals surface area contributed by atoms with Gasteiger partial charge in [-0.3, -0.25) is 14.6 Å². The molecule has 172 valence electrons. The van der Waals surface area contributed by atoms with Crippen molar-refractivity contribution in [3.63, 3.8) is 0 Å². The molecule has 2 amide bonds. The number of carbonyl (C=O) groups is 2. The quantitative estimate of drug-likeness (QED) is 0.406. The summed E-state index contributed by atoms with van der Waals surface area (Å²) in [6.07, 6.45) is 3.96.